The number of hydrogen-bond acceptors (Lipinski definition) is 4. The number of benzene rings is 3. The second-order valence-corrected chi connectivity index (χ2v) is 9.76. The van der Waals surface area contributed by atoms with Crippen molar-refractivity contribution in [3.05, 3.63) is 104 Å². The van der Waals surface area contributed by atoms with E-state index in [-0.39, 0.29) is 23.9 Å². The monoisotopic (exact) mass is 490 g/mol. The molecule has 1 unspecified atom stereocenters. The summed E-state index contributed by atoms with van der Waals surface area (Å²) in [5.74, 6) is 0.285. The van der Waals surface area contributed by atoms with Crippen LogP contribution < -0.4 is 10.1 Å². The van der Waals surface area contributed by atoms with Crippen LogP contribution in [0, 0.1) is 0 Å². The average molecular weight is 491 g/mol. The lowest BCUT2D eigenvalue weighted by Crippen LogP contribution is -2.32. The van der Waals surface area contributed by atoms with E-state index < -0.39 is 16.1 Å². The van der Waals surface area contributed by atoms with E-state index in [4.69, 9.17) is 4.74 Å². The van der Waals surface area contributed by atoms with Crippen molar-refractivity contribution in [1.82, 2.24) is 4.31 Å². The van der Waals surface area contributed by atoms with E-state index in [0.717, 1.165) is 11.1 Å². The number of nitrogens with zero attached hydrogens (tertiary/aromatic N) is 1. The SMILES string of the molecule is C=CCN(CC=C)S(=O)(=O)c1ccc(NC(=O)C(CC)Oc2ccc(-c3ccccc3)cc2)cc1. The Morgan fingerprint density at radius 1 is 0.914 bits per heavy atom. The van der Waals surface area contributed by atoms with Crippen molar-refractivity contribution in [2.45, 2.75) is 24.3 Å². The summed E-state index contributed by atoms with van der Waals surface area (Å²) < 4.78 is 32.9. The quantitative estimate of drug-likeness (QED) is 0.340. The fraction of sp³-hybridized carbons (Fsp3) is 0.179. The molecule has 1 amide bonds. The van der Waals surface area contributed by atoms with E-state index >= 15 is 0 Å². The van der Waals surface area contributed by atoms with Crippen LogP contribution in [-0.2, 0) is 14.8 Å². The van der Waals surface area contributed by atoms with Crippen LogP contribution in [-0.4, -0.2) is 37.8 Å². The van der Waals surface area contributed by atoms with E-state index in [1.807, 2.05) is 61.5 Å². The van der Waals surface area contributed by atoms with Gasteiger partial charge in [-0.3, -0.25) is 4.79 Å². The maximum Gasteiger partial charge on any atom is 0.265 e. The summed E-state index contributed by atoms with van der Waals surface area (Å²) in [4.78, 5) is 12.9. The molecule has 1 N–H and O–H groups in total. The molecule has 1 atom stereocenters. The van der Waals surface area contributed by atoms with Crippen LogP contribution in [0.4, 0.5) is 5.69 Å². The lowest BCUT2D eigenvalue weighted by molar-refractivity contribution is -0.122. The highest BCUT2D eigenvalue weighted by Crippen LogP contribution is 2.24. The van der Waals surface area contributed by atoms with E-state index in [1.54, 1.807) is 12.1 Å². The minimum Gasteiger partial charge on any atom is -0.481 e. The number of ether oxygens (including phenoxy) is 1. The Morgan fingerprint density at radius 3 is 2.03 bits per heavy atom. The van der Waals surface area contributed by atoms with Gasteiger partial charge in [0, 0.05) is 18.8 Å². The average Bonchev–Trinajstić information content (AvgIpc) is 2.88. The molecule has 0 heterocycles. The van der Waals surface area contributed by atoms with Crippen LogP contribution in [0.5, 0.6) is 5.75 Å². The number of nitrogens with one attached hydrogen (secondary N) is 1. The molecular weight excluding hydrogens is 460 g/mol. The van der Waals surface area contributed by atoms with Crippen molar-refractivity contribution in [2.24, 2.45) is 0 Å². The van der Waals surface area contributed by atoms with Crippen molar-refractivity contribution in [3.63, 3.8) is 0 Å². The molecule has 0 saturated carbocycles. The summed E-state index contributed by atoms with van der Waals surface area (Å²) in [6.45, 7) is 9.44. The molecule has 0 aliphatic heterocycles. The fourth-order valence-electron chi connectivity index (χ4n) is 3.48. The number of sulfonamides is 1. The third-order valence-electron chi connectivity index (χ3n) is 5.33. The number of rotatable bonds is 12. The molecule has 0 saturated heterocycles. The number of hydrogen-bond donors (Lipinski definition) is 1. The van der Waals surface area contributed by atoms with Crippen molar-refractivity contribution in [1.29, 1.82) is 0 Å². The molecular formula is C28H30N2O4S. The van der Waals surface area contributed by atoms with Gasteiger partial charge in [0.2, 0.25) is 10.0 Å². The summed E-state index contributed by atoms with van der Waals surface area (Å²) >= 11 is 0. The summed E-state index contributed by atoms with van der Waals surface area (Å²) in [5.41, 5.74) is 2.64. The van der Waals surface area contributed by atoms with Gasteiger partial charge in [-0.2, -0.15) is 4.31 Å². The Kier molecular flexibility index (Phi) is 9.00. The van der Waals surface area contributed by atoms with E-state index in [9.17, 15) is 13.2 Å². The minimum absolute atomic E-state index is 0.126. The first-order chi connectivity index (χ1) is 16.9. The Morgan fingerprint density at radius 2 is 1.49 bits per heavy atom. The van der Waals surface area contributed by atoms with Crippen LogP contribution >= 0.6 is 0 Å². The third-order valence-corrected chi connectivity index (χ3v) is 7.17. The molecule has 35 heavy (non-hydrogen) atoms. The van der Waals surface area contributed by atoms with Crippen LogP contribution in [0.15, 0.2) is 109 Å². The van der Waals surface area contributed by atoms with Gasteiger partial charge in [0.15, 0.2) is 6.10 Å². The summed E-state index contributed by atoms with van der Waals surface area (Å²) in [6, 6.07) is 23.7. The molecule has 0 fully saturated rings. The first-order valence-electron chi connectivity index (χ1n) is 11.3. The number of carbonyl (C=O) groups excluding carboxylic acids is 1. The first kappa shape index (κ1) is 25.9. The zero-order valence-electron chi connectivity index (χ0n) is 19.8. The number of amides is 1. The second-order valence-electron chi connectivity index (χ2n) is 7.82. The minimum atomic E-state index is -3.70. The molecule has 3 aromatic carbocycles. The molecule has 0 aliphatic rings. The van der Waals surface area contributed by atoms with Crippen molar-refractivity contribution < 1.29 is 17.9 Å². The molecule has 0 aliphatic carbocycles. The largest absolute Gasteiger partial charge is 0.481 e. The molecule has 7 heteroatoms. The molecule has 0 spiro atoms. The maximum atomic E-state index is 12.8. The molecule has 182 valence electrons. The zero-order valence-corrected chi connectivity index (χ0v) is 20.6. The van der Waals surface area contributed by atoms with Crippen molar-refractivity contribution in [3.8, 4) is 16.9 Å². The van der Waals surface area contributed by atoms with Crippen LogP contribution in [0.2, 0.25) is 0 Å². The first-order valence-corrected chi connectivity index (χ1v) is 12.8. The van der Waals surface area contributed by atoms with Gasteiger partial charge in [-0.05, 0) is 53.9 Å². The lowest BCUT2D eigenvalue weighted by Gasteiger charge is -2.20. The highest BCUT2D eigenvalue weighted by Gasteiger charge is 2.23. The number of carbonyl (C=O) groups is 1. The van der Waals surface area contributed by atoms with Gasteiger partial charge in [-0.25, -0.2) is 8.42 Å². The van der Waals surface area contributed by atoms with E-state index in [1.165, 1.54) is 28.6 Å². The van der Waals surface area contributed by atoms with Crippen LogP contribution in [0.3, 0.4) is 0 Å². The maximum absolute atomic E-state index is 12.8. The predicted octanol–water partition coefficient (Wildman–Crippen LogP) is 5.51. The summed E-state index contributed by atoms with van der Waals surface area (Å²) in [6.07, 6.45) is 2.82. The smallest absolute Gasteiger partial charge is 0.265 e. The molecule has 6 nitrogen and oxygen atoms in total. The molecule has 0 radical (unpaired) electrons. The lowest BCUT2D eigenvalue weighted by atomic mass is 10.1. The number of anilines is 1. The molecule has 0 bridgehead atoms. The molecule has 0 aromatic heterocycles. The highest BCUT2D eigenvalue weighted by molar-refractivity contribution is 7.89. The Balaban J connectivity index is 1.66. The van der Waals surface area contributed by atoms with E-state index in [0.29, 0.717) is 17.9 Å². The van der Waals surface area contributed by atoms with Crippen molar-refractivity contribution >= 4 is 21.6 Å². The van der Waals surface area contributed by atoms with Crippen LogP contribution in [0.1, 0.15) is 13.3 Å². The standard InChI is InChI=1S/C28H30N2O4S/c1-4-20-30(21-5-2)35(32,33)26-18-14-24(15-19-26)29-28(31)27(6-3)34-25-16-12-23(13-17-25)22-10-8-7-9-11-22/h4-5,7-19,27H,1-2,6,20-21H2,3H3,(H,29,31). The Hall–Kier alpha value is -3.68. The summed E-state index contributed by atoms with van der Waals surface area (Å²) in [5, 5.41) is 2.80. The van der Waals surface area contributed by atoms with Gasteiger partial charge in [0.25, 0.3) is 5.91 Å². The van der Waals surface area contributed by atoms with Gasteiger partial charge in [-0.15, -0.1) is 13.2 Å². The van der Waals surface area contributed by atoms with E-state index in [2.05, 4.69) is 18.5 Å². The molecule has 3 aromatic rings. The predicted molar refractivity (Wildman–Crippen MR) is 141 cm³/mol. The second kappa shape index (κ2) is 12.1. The summed E-state index contributed by atoms with van der Waals surface area (Å²) in [7, 11) is -3.70. The zero-order chi connectivity index (χ0) is 25.3. The highest BCUT2D eigenvalue weighted by atomic mass is 32.2. The normalized spacial score (nSPS) is 12.1. The third kappa shape index (κ3) is 6.68. The Labute approximate surface area is 207 Å². The fourth-order valence-corrected chi connectivity index (χ4v) is 4.87. The van der Waals surface area contributed by atoms with Crippen molar-refractivity contribution in [2.75, 3.05) is 18.4 Å². The van der Waals surface area contributed by atoms with Gasteiger partial charge in [0.1, 0.15) is 5.75 Å². The Bertz CT molecular complexity index is 1230. The topological polar surface area (TPSA) is 75.7 Å². The van der Waals surface area contributed by atoms with Crippen LogP contribution in [0.25, 0.3) is 11.1 Å². The van der Waals surface area contributed by atoms with Gasteiger partial charge in [-0.1, -0.05) is 61.5 Å². The van der Waals surface area contributed by atoms with Gasteiger partial charge < -0.3 is 10.1 Å². The molecule has 3 rings (SSSR count). The van der Waals surface area contributed by atoms with Gasteiger partial charge >= 0.3 is 0 Å². The van der Waals surface area contributed by atoms with Gasteiger partial charge in [0.05, 0.1) is 4.90 Å².